The Morgan fingerprint density at radius 2 is 1.95 bits per heavy atom. The fourth-order valence-electron chi connectivity index (χ4n) is 1.97. The number of nitrogens with zero attached hydrogens (tertiary/aromatic N) is 1. The fraction of sp³-hybridized carbons (Fsp3) is 0.412. The van der Waals surface area contributed by atoms with Crippen LogP contribution >= 0.6 is 0 Å². The van der Waals surface area contributed by atoms with Crippen LogP contribution in [0.4, 0.5) is 5.88 Å². The molecule has 1 aromatic carbocycles. The highest BCUT2D eigenvalue weighted by molar-refractivity contribution is 5.91. The molecular weight excluding hydrogens is 278 g/mol. The molecule has 0 radical (unpaired) electrons. The molecule has 2 rings (SSSR count). The van der Waals surface area contributed by atoms with Crippen molar-refractivity contribution in [1.82, 2.24) is 10.5 Å². The minimum atomic E-state index is -0.153. The SMILES string of the molecule is C[C@@H](NCC(=O)Nc1cc(C(C)(C)C)no1)c1ccccc1. The van der Waals surface area contributed by atoms with Gasteiger partial charge in [0.1, 0.15) is 0 Å². The van der Waals surface area contributed by atoms with E-state index >= 15 is 0 Å². The number of hydrogen-bond donors (Lipinski definition) is 2. The van der Waals surface area contributed by atoms with E-state index in [4.69, 9.17) is 4.52 Å². The largest absolute Gasteiger partial charge is 0.338 e. The van der Waals surface area contributed by atoms with Crippen LogP contribution in [0.2, 0.25) is 0 Å². The average Bonchev–Trinajstić information content (AvgIpc) is 2.94. The van der Waals surface area contributed by atoms with E-state index in [-0.39, 0.29) is 23.9 Å². The second kappa shape index (κ2) is 6.75. The molecule has 0 unspecified atom stereocenters. The van der Waals surface area contributed by atoms with E-state index < -0.39 is 0 Å². The summed E-state index contributed by atoms with van der Waals surface area (Å²) in [5.74, 6) is 0.225. The molecule has 0 spiro atoms. The highest BCUT2D eigenvalue weighted by atomic mass is 16.5. The second-order valence-corrected chi connectivity index (χ2v) is 6.39. The van der Waals surface area contributed by atoms with Crippen molar-refractivity contribution in [1.29, 1.82) is 0 Å². The number of hydrogen-bond acceptors (Lipinski definition) is 4. The minimum absolute atomic E-state index is 0.104. The lowest BCUT2D eigenvalue weighted by atomic mass is 9.92. The Bertz CT molecular complexity index is 614. The first-order valence-electron chi connectivity index (χ1n) is 7.41. The zero-order valence-corrected chi connectivity index (χ0v) is 13.5. The summed E-state index contributed by atoms with van der Waals surface area (Å²) in [7, 11) is 0. The maximum Gasteiger partial charge on any atom is 0.240 e. The quantitative estimate of drug-likeness (QED) is 0.889. The Morgan fingerprint density at radius 1 is 1.27 bits per heavy atom. The Morgan fingerprint density at radius 3 is 2.55 bits per heavy atom. The number of amides is 1. The van der Waals surface area contributed by atoms with Gasteiger partial charge in [-0.05, 0) is 12.5 Å². The zero-order chi connectivity index (χ0) is 16.2. The van der Waals surface area contributed by atoms with E-state index in [9.17, 15) is 4.79 Å². The van der Waals surface area contributed by atoms with Crippen molar-refractivity contribution in [2.75, 3.05) is 11.9 Å². The van der Waals surface area contributed by atoms with Crippen LogP contribution in [-0.4, -0.2) is 17.6 Å². The van der Waals surface area contributed by atoms with Crippen LogP contribution in [-0.2, 0) is 10.2 Å². The number of rotatable bonds is 5. The number of carbonyl (C=O) groups is 1. The summed E-state index contributed by atoms with van der Waals surface area (Å²) in [6.07, 6.45) is 0. The van der Waals surface area contributed by atoms with Crippen LogP contribution in [0.25, 0.3) is 0 Å². The van der Waals surface area contributed by atoms with Crippen molar-refractivity contribution in [2.45, 2.75) is 39.2 Å². The van der Waals surface area contributed by atoms with E-state index in [1.54, 1.807) is 6.07 Å². The van der Waals surface area contributed by atoms with Crippen molar-refractivity contribution >= 4 is 11.8 Å². The van der Waals surface area contributed by atoms with Crippen LogP contribution in [0.5, 0.6) is 0 Å². The van der Waals surface area contributed by atoms with Crippen molar-refractivity contribution in [3.63, 3.8) is 0 Å². The van der Waals surface area contributed by atoms with Gasteiger partial charge in [-0.2, -0.15) is 0 Å². The zero-order valence-electron chi connectivity index (χ0n) is 13.5. The Labute approximate surface area is 131 Å². The van der Waals surface area contributed by atoms with Gasteiger partial charge < -0.3 is 9.84 Å². The highest BCUT2D eigenvalue weighted by Crippen LogP contribution is 2.23. The first-order valence-corrected chi connectivity index (χ1v) is 7.41. The lowest BCUT2D eigenvalue weighted by molar-refractivity contribution is -0.115. The lowest BCUT2D eigenvalue weighted by Crippen LogP contribution is -2.30. The second-order valence-electron chi connectivity index (χ2n) is 6.39. The van der Waals surface area contributed by atoms with E-state index in [0.29, 0.717) is 5.88 Å². The molecule has 0 fully saturated rings. The normalized spacial score (nSPS) is 12.9. The van der Waals surface area contributed by atoms with Gasteiger partial charge in [0, 0.05) is 17.5 Å². The molecule has 0 aliphatic heterocycles. The van der Waals surface area contributed by atoms with Crippen molar-refractivity contribution in [2.24, 2.45) is 0 Å². The number of aromatic nitrogens is 1. The van der Waals surface area contributed by atoms with Crippen LogP contribution < -0.4 is 10.6 Å². The van der Waals surface area contributed by atoms with Gasteiger partial charge in [0.05, 0.1) is 12.2 Å². The van der Waals surface area contributed by atoms with E-state index in [2.05, 4.69) is 15.8 Å². The van der Waals surface area contributed by atoms with Crippen molar-refractivity contribution in [3.8, 4) is 0 Å². The van der Waals surface area contributed by atoms with Gasteiger partial charge in [0.2, 0.25) is 11.8 Å². The van der Waals surface area contributed by atoms with Crippen LogP contribution in [0.1, 0.15) is 45.0 Å². The molecule has 0 saturated carbocycles. The summed E-state index contributed by atoms with van der Waals surface area (Å²) >= 11 is 0. The Balaban J connectivity index is 1.84. The third-order valence-electron chi connectivity index (χ3n) is 3.41. The summed E-state index contributed by atoms with van der Waals surface area (Å²) in [6.45, 7) is 8.36. The van der Waals surface area contributed by atoms with Gasteiger partial charge in [-0.25, -0.2) is 0 Å². The maximum absolute atomic E-state index is 11.9. The molecule has 2 N–H and O–H groups in total. The van der Waals surface area contributed by atoms with Gasteiger partial charge in [-0.3, -0.25) is 10.1 Å². The molecule has 5 nitrogen and oxygen atoms in total. The van der Waals surface area contributed by atoms with Crippen LogP contribution in [0.15, 0.2) is 40.9 Å². The standard InChI is InChI=1S/C17H23N3O2/c1-12(13-8-6-5-7-9-13)18-11-15(21)19-16-10-14(20-22-16)17(2,3)4/h5-10,12,18H,11H2,1-4H3,(H,19,21)/t12-/m1/s1. The van der Waals surface area contributed by atoms with Crippen molar-refractivity contribution < 1.29 is 9.32 Å². The predicted octanol–water partition coefficient (Wildman–Crippen LogP) is 3.26. The summed E-state index contributed by atoms with van der Waals surface area (Å²) < 4.78 is 5.14. The van der Waals surface area contributed by atoms with Gasteiger partial charge in [0.25, 0.3) is 0 Å². The molecule has 0 aliphatic rings. The van der Waals surface area contributed by atoms with Crippen LogP contribution in [0.3, 0.4) is 0 Å². The topological polar surface area (TPSA) is 67.2 Å². The fourth-order valence-corrected chi connectivity index (χ4v) is 1.97. The molecule has 118 valence electrons. The number of nitrogens with one attached hydrogen (secondary N) is 2. The molecule has 2 aromatic rings. The smallest absolute Gasteiger partial charge is 0.240 e. The Kier molecular flexibility index (Phi) is 4.98. The maximum atomic E-state index is 11.9. The molecule has 1 aromatic heterocycles. The van der Waals surface area contributed by atoms with E-state index in [0.717, 1.165) is 11.3 Å². The minimum Gasteiger partial charge on any atom is -0.338 e. The molecule has 0 aliphatic carbocycles. The summed E-state index contributed by atoms with van der Waals surface area (Å²) in [5.41, 5.74) is 1.85. The van der Waals surface area contributed by atoms with Crippen molar-refractivity contribution in [3.05, 3.63) is 47.7 Å². The molecule has 0 saturated heterocycles. The molecule has 0 bridgehead atoms. The molecular formula is C17H23N3O2. The van der Waals surface area contributed by atoms with Gasteiger partial charge in [-0.1, -0.05) is 56.3 Å². The summed E-state index contributed by atoms with van der Waals surface area (Å²) in [5, 5.41) is 9.87. The number of benzene rings is 1. The average molecular weight is 301 g/mol. The van der Waals surface area contributed by atoms with Gasteiger partial charge in [-0.15, -0.1) is 0 Å². The predicted molar refractivity (Wildman–Crippen MR) is 86.7 cm³/mol. The first kappa shape index (κ1) is 16.2. The summed E-state index contributed by atoms with van der Waals surface area (Å²) in [6, 6.07) is 11.9. The Hall–Kier alpha value is -2.14. The third kappa shape index (κ3) is 4.43. The molecule has 1 atom stereocenters. The van der Waals surface area contributed by atoms with E-state index in [1.165, 1.54) is 0 Å². The highest BCUT2D eigenvalue weighted by Gasteiger charge is 2.19. The van der Waals surface area contributed by atoms with Gasteiger partial charge >= 0.3 is 0 Å². The van der Waals surface area contributed by atoms with Crippen LogP contribution in [0, 0.1) is 0 Å². The lowest BCUT2D eigenvalue weighted by Gasteiger charge is -2.13. The number of carbonyl (C=O) groups excluding carboxylic acids is 1. The van der Waals surface area contributed by atoms with E-state index in [1.807, 2.05) is 58.0 Å². The first-order chi connectivity index (χ1) is 10.4. The van der Waals surface area contributed by atoms with Gasteiger partial charge in [0.15, 0.2) is 0 Å². The molecule has 5 heteroatoms. The monoisotopic (exact) mass is 301 g/mol. The third-order valence-corrected chi connectivity index (χ3v) is 3.41. The summed E-state index contributed by atoms with van der Waals surface area (Å²) in [4.78, 5) is 11.9. The molecule has 1 heterocycles. The molecule has 1 amide bonds. The number of anilines is 1. The molecule has 22 heavy (non-hydrogen) atoms.